The second kappa shape index (κ2) is 7.96. The number of carbonyl (C=O) groups excluding carboxylic acids is 2. The molecule has 3 aromatic rings. The predicted octanol–water partition coefficient (Wildman–Crippen LogP) is 3.91. The molecule has 27 heavy (non-hydrogen) atoms. The average Bonchev–Trinajstić information content (AvgIpc) is 3.12. The highest BCUT2D eigenvalue weighted by Crippen LogP contribution is 2.23. The van der Waals surface area contributed by atoms with Crippen molar-refractivity contribution in [1.29, 1.82) is 0 Å². The summed E-state index contributed by atoms with van der Waals surface area (Å²) in [5.41, 5.74) is 0.0167. The first kappa shape index (κ1) is 18.5. The minimum Gasteiger partial charge on any atom is -0.507 e. The Hall–Kier alpha value is -3.26. The number of anilines is 1. The third-order valence-electron chi connectivity index (χ3n) is 3.63. The molecule has 0 unspecified atom stereocenters. The largest absolute Gasteiger partial charge is 0.507 e. The van der Waals surface area contributed by atoms with E-state index in [0.29, 0.717) is 12.6 Å². The Morgan fingerprint density at radius 1 is 1.00 bits per heavy atom. The fraction of sp³-hybridized carbons (Fsp3) is 0.0526. The topological polar surface area (TPSA) is 78.4 Å². The molecule has 0 fully saturated rings. The van der Waals surface area contributed by atoms with Crippen LogP contribution in [0.4, 0.5) is 14.5 Å². The van der Waals surface area contributed by atoms with Crippen LogP contribution < -0.4 is 10.6 Å². The van der Waals surface area contributed by atoms with Crippen LogP contribution in [0.15, 0.2) is 53.9 Å². The number of thiophene rings is 1. The first-order valence-corrected chi connectivity index (χ1v) is 8.71. The van der Waals surface area contributed by atoms with Gasteiger partial charge in [-0.05, 0) is 35.7 Å². The number of phenolic OH excluding ortho intramolecular Hbond substituents is 1. The maximum absolute atomic E-state index is 13.2. The Balaban J connectivity index is 1.68. The summed E-state index contributed by atoms with van der Waals surface area (Å²) < 4.78 is 26.4. The van der Waals surface area contributed by atoms with E-state index in [1.807, 2.05) is 17.5 Å². The first-order chi connectivity index (χ1) is 12.9. The minimum absolute atomic E-state index is 0.0429. The summed E-state index contributed by atoms with van der Waals surface area (Å²) in [5.74, 6) is -3.29. The van der Waals surface area contributed by atoms with Crippen LogP contribution >= 0.6 is 11.3 Å². The number of benzene rings is 2. The lowest BCUT2D eigenvalue weighted by Crippen LogP contribution is -2.22. The van der Waals surface area contributed by atoms with E-state index >= 15 is 0 Å². The summed E-state index contributed by atoms with van der Waals surface area (Å²) in [6.45, 7) is 0.333. The van der Waals surface area contributed by atoms with Gasteiger partial charge in [-0.3, -0.25) is 9.59 Å². The van der Waals surface area contributed by atoms with Crippen molar-refractivity contribution < 1.29 is 23.5 Å². The Kier molecular flexibility index (Phi) is 5.46. The van der Waals surface area contributed by atoms with Crippen molar-refractivity contribution in [1.82, 2.24) is 5.32 Å². The SMILES string of the molecule is O=C(Nc1ccc(C(=O)NCc2cccs2)c(O)c1)c1cc(F)cc(F)c1. The lowest BCUT2D eigenvalue weighted by Gasteiger charge is -2.09. The summed E-state index contributed by atoms with van der Waals surface area (Å²) in [7, 11) is 0. The second-order valence-corrected chi connectivity index (χ2v) is 6.64. The molecule has 0 atom stereocenters. The molecule has 8 heteroatoms. The van der Waals surface area contributed by atoms with Gasteiger partial charge in [-0.1, -0.05) is 6.07 Å². The molecule has 0 saturated heterocycles. The smallest absolute Gasteiger partial charge is 0.255 e. The third-order valence-corrected chi connectivity index (χ3v) is 4.50. The van der Waals surface area contributed by atoms with E-state index in [2.05, 4.69) is 10.6 Å². The molecule has 0 radical (unpaired) electrons. The lowest BCUT2D eigenvalue weighted by atomic mass is 10.1. The quantitative estimate of drug-likeness (QED) is 0.620. The molecule has 138 valence electrons. The van der Waals surface area contributed by atoms with Crippen molar-refractivity contribution in [2.24, 2.45) is 0 Å². The highest BCUT2D eigenvalue weighted by molar-refractivity contribution is 7.09. The number of hydrogen-bond acceptors (Lipinski definition) is 4. The Morgan fingerprint density at radius 2 is 1.74 bits per heavy atom. The van der Waals surface area contributed by atoms with E-state index in [4.69, 9.17) is 0 Å². The molecule has 2 amide bonds. The van der Waals surface area contributed by atoms with Crippen molar-refractivity contribution in [3.8, 4) is 5.75 Å². The van der Waals surface area contributed by atoms with Gasteiger partial charge in [-0.25, -0.2) is 8.78 Å². The maximum atomic E-state index is 13.2. The molecule has 2 aromatic carbocycles. The number of nitrogens with one attached hydrogen (secondary N) is 2. The Labute approximate surface area is 157 Å². The maximum Gasteiger partial charge on any atom is 0.255 e. The second-order valence-electron chi connectivity index (χ2n) is 5.61. The van der Waals surface area contributed by atoms with E-state index in [1.54, 1.807) is 0 Å². The van der Waals surface area contributed by atoms with E-state index in [0.717, 1.165) is 17.0 Å². The number of halogens is 2. The number of amides is 2. The molecule has 0 saturated carbocycles. The predicted molar refractivity (Wildman–Crippen MR) is 97.9 cm³/mol. The van der Waals surface area contributed by atoms with E-state index in [1.165, 1.54) is 29.5 Å². The zero-order valence-corrected chi connectivity index (χ0v) is 14.6. The van der Waals surface area contributed by atoms with Crippen molar-refractivity contribution in [3.63, 3.8) is 0 Å². The standard InChI is InChI=1S/C19H14F2N2O3S/c20-12-6-11(7-13(21)8-12)18(25)23-14-3-4-16(17(24)9-14)19(26)22-10-15-2-1-5-27-15/h1-9,24H,10H2,(H,22,26)(H,23,25). The summed E-state index contributed by atoms with van der Waals surface area (Å²) in [5, 5.41) is 17.0. The van der Waals surface area contributed by atoms with E-state index in [-0.39, 0.29) is 22.6 Å². The molecule has 1 aromatic heterocycles. The van der Waals surface area contributed by atoms with Gasteiger partial charge in [0.25, 0.3) is 11.8 Å². The number of carbonyl (C=O) groups is 2. The molecule has 0 aliphatic heterocycles. The molecular weight excluding hydrogens is 374 g/mol. The lowest BCUT2D eigenvalue weighted by molar-refractivity contribution is 0.0948. The molecule has 1 heterocycles. The Bertz CT molecular complexity index is 970. The third kappa shape index (κ3) is 4.68. The van der Waals surface area contributed by atoms with Crippen LogP contribution in [0.5, 0.6) is 5.75 Å². The highest BCUT2D eigenvalue weighted by atomic mass is 32.1. The molecule has 5 nitrogen and oxygen atoms in total. The molecule has 0 aliphatic carbocycles. The van der Waals surface area contributed by atoms with Crippen LogP contribution in [0.25, 0.3) is 0 Å². The molecular formula is C19H14F2N2O3S. The van der Waals surface area contributed by atoms with Gasteiger partial charge < -0.3 is 15.7 Å². The Morgan fingerprint density at radius 3 is 2.37 bits per heavy atom. The molecule has 3 rings (SSSR count). The number of rotatable bonds is 5. The zero-order chi connectivity index (χ0) is 19.4. The zero-order valence-electron chi connectivity index (χ0n) is 13.8. The molecule has 0 aliphatic rings. The monoisotopic (exact) mass is 388 g/mol. The van der Waals surface area contributed by atoms with Crippen LogP contribution in [0.1, 0.15) is 25.6 Å². The first-order valence-electron chi connectivity index (χ1n) is 7.83. The van der Waals surface area contributed by atoms with Crippen LogP contribution in [-0.4, -0.2) is 16.9 Å². The van der Waals surface area contributed by atoms with Gasteiger partial charge in [0.1, 0.15) is 17.4 Å². The number of hydrogen-bond donors (Lipinski definition) is 3. The van der Waals surface area contributed by atoms with E-state index in [9.17, 15) is 23.5 Å². The molecule has 0 bridgehead atoms. The van der Waals surface area contributed by atoms with Crippen LogP contribution in [0.3, 0.4) is 0 Å². The summed E-state index contributed by atoms with van der Waals surface area (Å²) in [6, 6.07) is 10.1. The average molecular weight is 388 g/mol. The summed E-state index contributed by atoms with van der Waals surface area (Å²) in [6.07, 6.45) is 0. The van der Waals surface area contributed by atoms with Crippen molar-refractivity contribution >= 4 is 28.8 Å². The minimum atomic E-state index is -0.874. The van der Waals surface area contributed by atoms with Gasteiger partial charge in [0.2, 0.25) is 0 Å². The molecule has 3 N–H and O–H groups in total. The van der Waals surface area contributed by atoms with Crippen molar-refractivity contribution in [2.75, 3.05) is 5.32 Å². The van der Waals surface area contributed by atoms with Gasteiger partial charge in [0.15, 0.2) is 0 Å². The van der Waals surface area contributed by atoms with Gasteiger partial charge in [-0.2, -0.15) is 0 Å². The summed E-state index contributed by atoms with van der Waals surface area (Å²) in [4.78, 5) is 25.2. The van der Waals surface area contributed by atoms with Gasteiger partial charge in [-0.15, -0.1) is 11.3 Å². The number of aromatic hydroxyl groups is 1. The molecule has 0 spiro atoms. The number of phenols is 1. The van der Waals surface area contributed by atoms with Crippen LogP contribution in [-0.2, 0) is 6.54 Å². The van der Waals surface area contributed by atoms with Crippen LogP contribution in [0.2, 0.25) is 0 Å². The van der Waals surface area contributed by atoms with Crippen LogP contribution in [0, 0.1) is 11.6 Å². The van der Waals surface area contributed by atoms with E-state index < -0.39 is 23.4 Å². The van der Waals surface area contributed by atoms with Gasteiger partial charge in [0.05, 0.1) is 12.1 Å². The fourth-order valence-corrected chi connectivity index (χ4v) is 3.01. The van der Waals surface area contributed by atoms with Gasteiger partial charge in [0, 0.05) is 28.3 Å². The normalized spacial score (nSPS) is 10.4. The summed E-state index contributed by atoms with van der Waals surface area (Å²) >= 11 is 1.50. The van der Waals surface area contributed by atoms with Crippen molar-refractivity contribution in [2.45, 2.75) is 6.54 Å². The van der Waals surface area contributed by atoms with Gasteiger partial charge >= 0.3 is 0 Å². The highest BCUT2D eigenvalue weighted by Gasteiger charge is 2.14. The van der Waals surface area contributed by atoms with Crippen molar-refractivity contribution in [3.05, 3.63) is 81.5 Å². The fourth-order valence-electron chi connectivity index (χ4n) is 2.37.